The standard InChI is InChI=1S/C19H19FN4O4.C2H6/c1-11(2)26-17-5-12(3-4-21-17)19(20)7-13(8-19)27-18-10-22-14(9-23-18)15-6-16(25)24-28-15;1-2/h3-6,9-11,13H,7-8H2,1-2H3,(H,24,25);1-2H3. The highest BCUT2D eigenvalue weighted by atomic mass is 19.1. The van der Waals surface area contributed by atoms with Gasteiger partial charge in [-0.05, 0) is 25.5 Å². The molecule has 0 saturated heterocycles. The van der Waals surface area contributed by atoms with Gasteiger partial charge in [0.2, 0.25) is 11.8 Å². The molecule has 0 aliphatic heterocycles. The Hall–Kier alpha value is -3.23. The number of alkyl halides is 1. The average molecular weight is 416 g/mol. The molecule has 160 valence electrons. The lowest BCUT2D eigenvalue weighted by Crippen LogP contribution is -2.44. The molecule has 3 heterocycles. The van der Waals surface area contributed by atoms with E-state index in [1.807, 2.05) is 27.7 Å². The predicted molar refractivity (Wildman–Crippen MR) is 108 cm³/mol. The van der Waals surface area contributed by atoms with Gasteiger partial charge >= 0.3 is 0 Å². The van der Waals surface area contributed by atoms with Crippen molar-refractivity contribution < 1.29 is 18.4 Å². The molecule has 8 nitrogen and oxygen atoms in total. The van der Waals surface area contributed by atoms with Gasteiger partial charge in [0.25, 0.3) is 5.56 Å². The lowest BCUT2D eigenvalue weighted by Gasteiger charge is -2.41. The van der Waals surface area contributed by atoms with Gasteiger partial charge in [-0.2, -0.15) is 5.16 Å². The van der Waals surface area contributed by atoms with Crippen LogP contribution in [0.3, 0.4) is 0 Å². The molecule has 3 aromatic heterocycles. The quantitative estimate of drug-likeness (QED) is 0.647. The van der Waals surface area contributed by atoms with Crippen molar-refractivity contribution in [3.8, 4) is 23.2 Å². The van der Waals surface area contributed by atoms with E-state index >= 15 is 4.39 Å². The third-order valence-corrected chi connectivity index (χ3v) is 4.40. The van der Waals surface area contributed by atoms with E-state index in [0.717, 1.165) is 0 Å². The van der Waals surface area contributed by atoms with Crippen LogP contribution in [-0.4, -0.2) is 32.3 Å². The van der Waals surface area contributed by atoms with Crippen molar-refractivity contribution in [2.75, 3.05) is 0 Å². The summed E-state index contributed by atoms with van der Waals surface area (Å²) in [5, 5.41) is 2.19. The minimum atomic E-state index is -1.48. The normalized spacial score (nSPS) is 20.1. The average Bonchev–Trinajstić information content (AvgIpc) is 3.15. The minimum absolute atomic E-state index is 0.0309. The van der Waals surface area contributed by atoms with Gasteiger partial charge in [0.1, 0.15) is 17.5 Å². The number of aromatic amines is 1. The Morgan fingerprint density at radius 3 is 2.53 bits per heavy atom. The second kappa shape index (κ2) is 9.06. The SMILES string of the molecule is CC.CC(C)Oc1cc(C2(F)CC(Oc3cnc(-c4cc(=O)[nH]o4)cn3)C2)ccn1. The summed E-state index contributed by atoms with van der Waals surface area (Å²) in [5.41, 5.74) is -0.913. The molecule has 0 atom stereocenters. The van der Waals surface area contributed by atoms with Crippen LogP contribution in [0.25, 0.3) is 11.5 Å². The van der Waals surface area contributed by atoms with E-state index < -0.39 is 5.67 Å². The summed E-state index contributed by atoms with van der Waals surface area (Å²) in [6, 6.07) is 4.57. The Morgan fingerprint density at radius 1 is 1.17 bits per heavy atom. The van der Waals surface area contributed by atoms with Gasteiger partial charge in [0.15, 0.2) is 5.76 Å². The molecule has 0 bridgehead atoms. The number of hydrogen-bond acceptors (Lipinski definition) is 7. The number of ether oxygens (including phenoxy) is 2. The van der Waals surface area contributed by atoms with E-state index in [1.165, 1.54) is 18.5 Å². The van der Waals surface area contributed by atoms with Crippen molar-refractivity contribution in [3.05, 3.63) is 52.7 Å². The molecule has 3 aromatic rings. The molecular weight excluding hydrogens is 391 g/mol. The molecule has 1 fully saturated rings. The van der Waals surface area contributed by atoms with Crippen LogP contribution in [0.2, 0.25) is 0 Å². The van der Waals surface area contributed by atoms with Gasteiger partial charge in [-0.15, -0.1) is 0 Å². The monoisotopic (exact) mass is 416 g/mol. The zero-order chi connectivity index (χ0) is 21.7. The maximum absolute atomic E-state index is 15.2. The zero-order valence-corrected chi connectivity index (χ0v) is 17.4. The summed E-state index contributed by atoms with van der Waals surface area (Å²) in [5.74, 6) is 0.978. The molecule has 1 saturated carbocycles. The van der Waals surface area contributed by atoms with Crippen LogP contribution in [0.4, 0.5) is 4.39 Å². The van der Waals surface area contributed by atoms with Crippen molar-refractivity contribution in [1.29, 1.82) is 0 Å². The summed E-state index contributed by atoms with van der Waals surface area (Å²) in [4.78, 5) is 23.5. The molecule has 0 unspecified atom stereocenters. The number of H-pyrrole nitrogens is 1. The number of halogens is 1. The van der Waals surface area contributed by atoms with Gasteiger partial charge in [-0.3, -0.25) is 4.79 Å². The Labute approximate surface area is 173 Å². The number of nitrogens with one attached hydrogen (secondary N) is 1. The number of aromatic nitrogens is 4. The lowest BCUT2D eigenvalue weighted by molar-refractivity contribution is -0.0489. The molecule has 0 radical (unpaired) electrons. The third-order valence-electron chi connectivity index (χ3n) is 4.40. The third kappa shape index (κ3) is 4.84. The van der Waals surface area contributed by atoms with Crippen LogP contribution in [0.1, 0.15) is 46.1 Å². The van der Waals surface area contributed by atoms with E-state index in [4.69, 9.17) is 14.0 Å². The van der Waals surface area contributed by atoms with Crippen LogP contribution < -0.4 is 15.0 Å². The van der Waals surface area contributed by atoms with Gasteiger partial charge in [0, 0.05) is 25.1 Å². The first-order valence-electron chi connectivity index (χ1n) is 9.91. The van der Waals surface area contributed by atoms with Gasteiger partial charge in [-0.1, -0.05) is 13.8 Å². The molecule has 0 aromatic carbocycles. The first kappa shape index (κ1) is 21.5. The number of rotatable bonds is 6. The largest absolute Gasteiger partial charge is 0.475 e. The zero-order valence-electron chi connectivity index (χ0n) is 17.4. The number of hydrogen-bond donors (Lipinski definition) is 1. The van der Waals surface area contributed by atoms with Crippen LogP contribution in [0.15, 0.2) is 46.1 Å². The molecule has 0 amide bonds. The molecular formula is C21H25FN4O4. The number of nitrogens with zero attached hydrogens (tertiary/aromatic N) is 3. The van der Waals surface area contributed by atoms with Crippen LogP contribution >= 0.6 is 0 Å². The Morgan fingerprint density at radius 2 is 1.93 bits per heavy atom. The maximum atomic E-state index is 15.2. The smallest absolute Gasteiger partial charge is 0.280 e. The second-order valence-corrected chi connectivity index (χ2v) is 6.98. The van der Waals surface area contributed by atoms with E-state index in [9.17, 15) is 4.79 Å². The summed E-state index contributed by atoms with van der Waals surface area (Å²) in [7, 11) is 0. The van der Waals surface area contributed by atoms with E-state index in [2.05, 4.69) is 20.1 Å². The molecule has 1 aliphatic rings. The molecule has 9 heteroatoms. The van der Waals surface area contributed by atoms with Crippen LogP contribution in [-0.2, 0) is 5.67 Å². The molecule has 1 N–H and O–H groups in total. The second-order valence-electron chi connectivity index (χ2n) is 6.98. The van der Waals surface area contributed by atoms with Gasteiger partial charge in [0.05, 0.1) is 24.6 Å². The highest BCUT2D eigenvalue weighted by Gasteiger charge is 2.48. The molecule has 30 heavy (non-hydrogen) atoms. The Bertz CT molecular complexity index is 1010. The van der Waals surface area contributed by atoms with Crippen molar-refractivity contribution >= 4 is 0 Å². The Balaban J connectivity index is 0.00000124. The fourth-order valence-electron chi connectivity index (χ4n) is 3.06. The molecule has 1 aliphatic carbocycles. The van der Waals surface area contributed by atoms with E-state index in [0.29, 0.717) is 17.1 Å². The van der Waals surface area contributed by atoms with Crippen LogP contribution in [0.5, 0.6) is 11.8 Å². The predicted octanol–water partition coefficient (Wildman–Crippen LogP) is 4.04. The van der Waals surface area contributed by atoms with E-state index in [1.54, 1.807) is 18.3 Å². The Kier molecular flexibility index (Phi) is 6.49. The highest BCUT2D eigenvalue weighted by Crippen LogP contribution is 2.47. The summed E-state index contributed by atoms with van der Waals surface area (Å²) >= 11 is 0. The van der Waals surface area contributed by atoms with Crippen molar-refractivity contribution in [1.82, 2.24) is 20.1 Å². The summed E-state index contributed by atoms with van der Waals surface area (Å²) in [6.07, 6.45) is 4.46. The van der Waals surface area contributed by atoms with E-state index in [-0.39, 0.29) is 42.2 Å². The van der Waals surface area contributed by atoms with Gasteiger partial charge < -0.3 is 14.0 Å². The minimum Gasteiger partial charge on any atom is -0.475 e. The maximum Gasteiger partial charge on any atom is 0.280 e. The van der Waals surface area contributed by atoms with Crippen molar-refractivity contribution in [2.45, 2.75) is 58.4 Å². The fraction of sp³-hybridized carbons (Fsp3) is 0.429. The topological polar surface area (TPSA) is 103 Å². The van der Waals surface area contributed by atoms with Gasteiger partial charge in [-0.25, -0.2) is 19.3 Å². The first-order valence-corrected chi connectivity index (χ1v) is 9.91. The molecule has 0 spiro atoms. The van der Waals surface area contributed by atoms with Crippen molar-refractivity contribution in [3.63, 3.8) is 0 Å². The van der Waals surface area contributed by atoms with Crippen LogP contribution in [0, 0.1) is 0 Å². The first-order chi connectivity index (χ1) is 14.4. The fourth-order valence-corrected chi connectivity index (χ4v) is 3.06. The summed E-state index contributed by atoms with van der Waals surface area (Å²) in [6.45, 7) is 7.78. The van der Waals surface area contributed by atoms with Crippen molar-refractivity contribution in [2.24, 2.45) is 0 Å². The number of pyridine rings is 1. The summed E-state index contributed by atoms with van der Waals surface area (Å²) < 4.78 is 31.4. The molecule has 4 rings (SSSR count). The highest BCUT2D eigenvalue weighted by molar-refractivity contribution is 5.49. The lowest BCUT2D eigenvalue weighted by atomic mass is 9.74.